The lowest BCUT2D eigenvalue weighted by atomic mass is 10.1. The Bertz CT molecular complexity index is 1130. The van der Waals surface area contributed by atoms with Crippen LogP contribution in [-0.4, -0.2) is 37.4 Å². The minimum atomic E-state index is -0.348. The zero-order valence-corrected chi connectivity index (χ0v) is 15.8. The predicted molar refractivity (Wildman–Crippen MR) is 107 cm³/mol. The van der Waals surface area contributed by atoms with Gasteiger partial charge < -0.3 is 5.32 Å². The molecule has 0 radical (unpaired) electrons. The minimum Gasteiger partial charge on any atom is -0.367 e. The van der Waals surface area contributed by atoms with Gasteiger partial charge in [0.25, 0.3) is 5.91 Å². The Morgan fingerprint density at radius 1 is 1.21 bits per heavy atom. The maximum Gasteiger partial charge on any atom is 0.254 e. The number of anilines is 1. The fourth-order valence-electron chi connectivity index (χ4n) is 3.43. The number of pyridine rings is 1. The molecular weight excluding hydrogens is 368 g/mol. The van der Waals surface area contributed by atoms with E-state index in [1.165, 1.54) is 5.56 Å². The van der Waals surface area contributed by atoms with E-state index in [0.29, 0.717) is 17.3 Å². The summed E-state index contributed by atoms with van der Waals surface area (Å²) in [7, 11) is 0. The van der Waals surface area contributed by atoms with E-state index < -0.39 is 0 Å². The molecule has 29 heavy (non-hydrogen) atoms. The van der Waals surface area contributed by atoms with Gasteiger partial charge in [-0.25, -0.2) is 4.98 Å². The summed E-state index contributed by atoms with van der Waals surface area (Å²) in [5, 5.41) is 10.3. The Balaban J connectivity index is 1.51. The molecule has 1 saturated carbocycles. The highest BCUT2D eigenvalue weighted by Gasteiger charge is 2.25. The van der Waals surface area contributed by atoms with Crippen LogP contribution in [0.3, 0.4) is 0 Å². The molecule has 3 aromatic rings. The number of nitrogens with one attached hydrogen (secondary N) is 2. The van der Waals surface area contributed by atoms with Crippen LogP contribution in [0.1, 0.15) is 36.1 Å². The largest absolute Gasteiger partial charge is 0.367 e. The maximum atomic E-state index is 11.9. The van der Waals surface area contributed by atoms with Crippen molar-refractivity contribution in [3.05, 3.63) is 59.2 Å². The number of aromatic nitrogens is 4. The summed E-state index contributed by atoms with van der Waals surface area (Å²) in [6.07, 6.45) is 11.0. The highest BCUT2D eigenvalue weighted by molar-refractivity contribution is 6.15. The van der Waals surface area contributed by atoms with E-state index in [-0.39, 0.29) is 18.2 Å². The highest BCUT2D eigenvalue weighted by Crippen LogP contribution is 2.27. The van der Waals surface area contributed by atoms with Gasteiger partial charge in [0.05, 0.1) is 12.6 Å². The van der Waals surface area contributed by atoms with Crippen LogP contribution in [0.5, 0.6) is 0 Å². The van der Waals surface area contributed by atoms with Crippen LogP contribution in [0.4, 0.5) is 5.82 Å². The van der Waals surface area contributed by atoms with Crippen molar-refractivity contribution in [1.82, 2.24) is 24.9 Å². The van der Waals surface area contributed by atoms with E-state index in [0.717, 1.165) is 42.8 Å². The lowest BCUT2D eigenvalue weighted by Crippen LogP contribution is -2.19. The van der Waals surface area contributed by atoms with Crippen LogP contribution in [0, 0.1) is 0 Å². The second kappa shape index (κ2) is 7.12. The van der Waals surface area contributed by atoms with Crippen LogP contribution < -0.4 is 10.6 Å². The molecule has 8 nitrogen and oxygen atoms in total. The van der Waals surface area contributed by atoms with Gasteiger partial charge in [0.15, 0.2) is 5.65 Å². The number of hydrogen-bond donors (Lipinski definition) is 2. The van der Waals surface area contributed by atoms with Gasteiger partial charge in [-0.3, -0.25) is 19.9 Å². The first-order valence-electron chi connectivity index (χ1n) is 9.73. The zero-order valence-electron chi connectivity index (χ0n) is 15.8. The summed E-state index contributed by atoms with van der Waals surface area (Å²) < 4.78 is 1.77. The van der Waals surface area contributed by atoms with Crippen molar-refractivity contribution in [2.24, 2.45) is 0 Å². The molecule has 0 aromatic carbocycles. The third-order valence-electron chi connectivity index (χ3n) is 5.13. The number of imide groups is 1. The van der Waals surface area contributed by atoms with E-state index in [1.54, 1.807) is 29.2 Å². The third-order valence-corrected chi connectivity index (χ3v) is 5.13. The van der Waals surface area contributed by atoms with Crippen molar-refractivity contribution in [1.29, 1.82) is 0 Å². The van der Waals surface area contributed by atoms with Gasteiger partial charge in [0.1, 0.15) is 5.82 Å². The Labute approximate surface area is 167 Å². The van der Waals surface area contributed by atoms with Crippen molar-refractivity contribution in [2.75, 3.05) is 5.32 Å². The van der Waals surface area contributed by atoms with Crippen molar-refractivity contribution >= 4 is 29.4 Å². The molecule has 146 valence electrons. The molecule has 3 aromatic heterocycles. The van der Waals surface area contributed by atoms with Gasteiger partial charge in [0.2, 0.25) is 5.91 Å². The van der Waals surface area contributed by atoms with Crippen molar-refractivity contribution in [2.45, 2.75) is 38.1 Å². The molecule has 4 heterocycles. The van der Waals surface area contributed by atoms with Gasteiger partial charge in [-0.1, -0.05) is 0 Å². The molecule has 0 atom stereocenters. The van der Waals surface area contributed by atoms with Gasteiger partial charge in [0, 0.05) is 41.3 Å². The molecule has 1 aliphatic heterocycles. The average molecular weight is 388 g/mol. The smallest absolute Gasteiger partial charge is 0.254 e. The maximum absolute atomic E-state index is 11.9. The summed E-state index contributed by atoms with van der Waals surface area (Å²) in [5.74, 6) is 0.276. The van der Waals surface area contributed by atoms with E-state index in [2.05, 4.69) is 20.7 Å². The SMILES string of the molecule is O=C1C/C(=C\c2cnn3c(NC4CC4)cc(CCc4ccncc4)nc23)C(=O)N1. The van der Waals surface area contributed by atoms with Crippen LogP contribution in [0.25, 0.3) is 11.7 Å². The summed E-state index contributed by atoms with van der Waals surface area (Å²) in [6.45, 7) is 0. The quantitative estimate of drug-likeness (QED) is 0.494. The number of rotatable bonds is 6. The molecule has 2 aliphatic rings. The molecule has 2 fully saturated rings. The summed E-state index contributed by atoms with van der Waals surface area (Å²) >= 11 is 0. The van der Waals surface area contributed by atoms with Gasteiger partial charge in [-0.15, -0.1) is 0 Å². The lowest BCUT2D eigenvalue weighted by Gasteiger charge is -2.10. The number of fused-ring (bicyclic) bond motifs is 1. The number of amides is 2. The first kappa shape index (κ1) is 17.5. The van der Waals surface area contributed by atoms with E-state index >= 15 is 0 Å². The second-order valence-electron chi connectivity index (χ2n) is 7.47. The molecular formula is C21H20N6O2. The molecule has 0 unspecified atom stereocenters. The highest BCUT2D eigenvalue weighted by atomic mass is 16.2. The Kier molecular flexibility index (Phi) is 4.31. The van der Waals surface area contributed by atoms with Gasteiger partial charge in [-0.2, -0.15) is 9.61 Å². The summed E-state index contributed by atoms with van der Waals surface area (Å²) in [5.41, 5.74) is 4.00. The topological polar surface area (TPSA) is 101 Å². The Hall–Kier alpha value is -3.55. The molecule has 1 aliphatic carbocycles. The standard InChI is InChI=1S/C21H20N6O2/c28-19-10-14(21(29)26-19)9-15-12-23-27-18(24-16-3-4-16)11-17(25-20(15)27)2-1-13-5-7-22-8-6-13/h5-9,11-12,16,24H,1-4,10H2,(H,26,28,29)/b14-9+. The predicted octanol–water partition coefficient (Wildman–Crippen LogP) is 1.91. The first-order valence-corrected chi connectivity index (χ1v) is 9.73. The monoisotopic (exact) mass is 388 g/mol. The van der Waals surface area contributed by atoms with Crippen LogP contribution in [0.15, 0.2) is 42.4 Å². The number of hydrogen-bond acceptors (Lipinski definition) is 6. The molecule has 0 bridgehead atoms. The first-order chi connectivity index (χ1) is 14.2. The van der Waals surface area contributed by atoms with Crippen LogP contribution in [0.2, 0.25) is 0 Å². The number of nitrogens with zero attached hydrogens (tertiary/aromatic N) is 4. The van der Waals surface area contributed by atoms with Crippen molar-refractivity contribution in [3.8, 4) is 0 Å². The number of carbonyl (C=O) groups excluding carboxylic acids is 2. The zero-order chi connectivity index (χ0) is 19.8. The number of aryl methyl sites for hydroxylation is 2. The second-order valence-corrected chi connectivity index (χ2v) is 7.47. The molecule has 0 spiro atoms. The van der Waals surface area contributed by atoms with E-state index in [4.69, 9.17) is 4.98 Å². The summed E-state index contributed by atoms with van der Waals surface area (Å²) in [6, 6.07) is 6.53. The molecule has 8 heteroatoms. The molecule has 5 rings (SSSR count). The molecule has 1 saturated heterocycles. The fourth-order valence-corrected chi connectivity index (χ4v) is 3.43. The van der Waals surface area contributed by atoms with Gasteiger partial charge in [-0.05, 0) is 49.5 Å². The number of carbonyl (C=O) groups is 2. The minimum absolute atomic E-state index is 0.0884. The third kappa shape index (κ3) is 3.73. The molecule has 2 N–H and O–H groups in total. The van der Waals surface area contributed by atoms with Crippen LogP contribution in [-0.2, 0) is 22.4 Å². The Morgan fingerprint density at radius 3 is 2.76 bits per heavy atom. The fraction of sp³-hybridized carbons (Fsp3) is 0.286. The lowest BCUT2D eigenvalue weighted by molar-refractivity contribution is -0.124. The van der Waals surface area contributed by atoms with E-state index in [1.807, 2.05) is 18.2 Å². The van der Waals surface area contributed by atoms with Crippen LogP contribution >= 0.6 is 0 Å². The van der Waals surface area contributed by atoms with Gasteiger partial charge >= 0.3 is 0 Å². The van der Waals surface area contributed by atoms with E-state index in [9.17, 15) is 9.59 Å². The van der Waals surface area contributed by atoms with Crippen molar-refractivity contribution in [3.63, 3.8) is 0 Å². The molecule has 2 amide bonds. The average Bonchev–Trinajstić information content (AvgIpc) is 3.36. The van der Waals surface area contributed by atoms with Crippen molar-refractivity contribution < 1.29 is 9.59 Å². The normalized spacial score (nSPS) is 17.9. The summed E-state index contributed by atoms with van der Waals surface area (Å²) in [4.78, 5) is 32.3. The Morgan fingerprint density at radius 2 is 2.03 bits per heavy atom.